The zero-order chi connectivity index (χ0) is 48.3. The maximum Gasteiger partial charge on any atom is 0.417 e. The van der Waals surface area contributed by atoms with Gasteiger partial charge in [0, 0.05) is 25.4 Å². The van der Waals surface area contributed by atoms with Crippen molar-refractivity contribution in [1.29, 1.82) is 0 Å². The normalized spacial score (nSPS) is 14.6. The van der Waals surface area contributed by atoms with E-state index in [0.717, 1.165) is 22.8 Å². The van der Waals surface area contributed by atoms with Crippen molar-refractivity contribution >= 4 is 35.8 Å². The molecule has 16 heteroatoms. The highest BCUT2D eigenvalue weighted by molar-refractivity contribution is 6.30. The van der Waals surface area contributed by atoms with Gasteiger partial charge in [-0.3, -0.25) is 0 Å². The number of aryl methyl sites for hydroxylation is 1. The highest BCUT2D eigenvalue weighted by Crippen LogP contribution is 2.34. The van der Waals surface area contributed by atoms with E-state index in [4.69, 9.17) is 47.4 Å². The molecule has 0 unspecified atom stereocenters. The molecule has 0 heterocycles. The molecule has 0 spiro atoms. The molecule has 1 aliphatic carbocycles. The fourth-order valence-corrected chi connectivity index (χ4v) is 6.90. The first-order valence-corrected chi connectivity index (χ1v) is 22.5. The summed E-state index contributed by atoms with van der Waals surface area (Å²) in [6.07, 6.45) is 10.8. The standard InChI is InChI=1S/C50H68O16/c1-8-9-10-12-37-14-16-38(17-15-37)30-62-42-21-18-39(19-22-42)40-20-23-43(41(29-40)13-11-24-59-44(51)35(2)3)63-31-50(32-64-45(52)36(4)5,33-65-48(55)46(53)60-27-25-57-6)34-66-49(56)47(54)61-28-26-58-7/h18-23,29,37-38H,2,4,8-17,24-28,30-34H2,1,3,5-7H3. The summed E-state index contributed by atoms with van der Waals surface area (Å²) in [5.74, 6) is -4.36. The third-order valence-electron chi connectivity index (χ3n) is 10.9. The van der Waals surface area contributed by atoms with Gasteiger partial charge in [-0.2, -0.15) is 0 Å². The van der Waals surface area contributed by atoms with Crippen molar-refractivity contribution in [2.45, 2.75) is 85.0 Å². The molecule has 1 aliphatic rings. The Balaban J connectivity index is 1.89. The van der Waals surface area contributed by atoms with Crippen molar-refractivity contribution in [2.75, 3.05) is 80.3 Å². The SMILES string of the molecule is C=C(C)C(=O)OCCCc1cc(-c2ccc(OCC3CCC(CCCCC)CC3)cc2)ccc1OCC(COC(=O)C(=C)C)(COC(=O)C(=O)OCCOC)COC(=O)C(=O)OCCOC. The van der Waals surface area contributed by atoms with Crippen LogP contribution >= 0.6 is 0 Å². The van der Waals surface area contributed by atoms with E-state index in [0.29, 0.717) is 36.7 Å². The maximum atomic E-state index is 12.8. The highest BCUT2D eigenvalue weighted by Gasteiger charge is 2.39. The molecule has 0 amide bonds. The van der Waals surface area contributed by atoms with E-state index in [1.807, 2.05) is 36.4 Å². The van der Waals surface area contributed by atoms with Crippen LogP contribution in [0.25, 0.3) is 11.1 Å². The molecule has 0 atom stereocenters. The Morgan fingerprint density at radius 2 is 1.06 bits per heavy atom. The average molecular weight is 925 g/mol. The Labute approximate surface area is 388 Å². The number of hydrogen-bond donors (Lipinski definition) is 0. The quantitative estimate of drug-likeness (QED) is 0.0263. The molecule has 364 valence electrons. The summed E-state index contributed by atoms with van der Waals surface area (Å²) in [5, 5.41) is 0. The Morgan fingerprint density at radius 3 is 1.61 bits per heavy atom. The third kappa shape index (κ3) is 19.8. The average Bonchev–Trinajstić information content (AvgIpc) is 3.32. The summed E-state index contributed by atoms with van der Waals surface area (Å²) in [6, 6.07) is 13.3. The fraction of sp³-hybridized carbons (Fsp3) is 0.560. The van der Waals surface area contributed by atoms with Gasteiger partial charge in [-0.05, 0) is 92.3 Å². The van der Waals surface area contributed by atoms with E-state index in [-0.39, 0.29) is 44.2 Å². The molecule has 66 heavy (non-hydrogen) atoms. The molecular weight excluding hydrogens is 857 g/mol. The molecule has 0 radical (unpaired) electrons. The second kappa shape index (κ2) is 29.7. The van der Waals surface area contributed by atoms with Crippen molar-refractivity contribution in [3.8, 4) is 22.6 Å². The van der Waals surface area contributed by atoms with Crippen LogP contribution in [0.15, 0.2) is 66.8 Å². The molecule has 0 aliphatic heterocycles. The second-order valence-corrected chi connectivity index (χ2v) is 16.6. The van der Waals surface area contributed by atoms with E-state index < -0.39 is 67.7 Å². The van der Waals surface area contributed by atoms with Crippen LogP contribution in [0, 0.1) is 17.3 Å². The van der Waals surface area contributed by atoms with Gasteiger partial charge in [0.25, 0.3) is 0 Å². The lowest BCUT2D eigenvalue weighted by atomic mass is 9.80. The van der Waals surface area contributed by atoms with E-state index >= 15 is 0 Å². The van der Waals surface area contributed by atoms with Gasteiger partial charge in [0.2, 0.25) is 0 Å². The summed E-state index contributed by atoms with van der Waals surface area (Å²) in [6.45, 7) is 10.2. The lowest BCUT2D eigenvalue weighted by molar-refractivity contribution is -0.179. The van der Waals surface area contributed by atoms with Gasteiger partial charge in [-0.25, -0.2) is 28.8 Å². The molecule has 0 bridgehead atoms. The molecular formula is C50H68O16. The number of unbranched alkanes of at least 4 members (excludes halogenated alkanes) is 2. The van der Waals surface area contributed by atoms with Crippen LogP contribution in [0.3, 0.4) is 0 Å². The molecule has 0 N–H and O–H groups in total. The molecule has 1 saturated carbocycles. The molecule has 0 aromatic heterocycles. The Morgan fingerprint density at radius 1 is 0.561 bits per heavy atom. The van der Waals surface area contributed by atoms with Crippen molar-refractivity contribution in [1.82, 2.24) is 0 Å². The molecule has 0 saturated heterocycles. The van der Waals surface area contributed by atoms with Crippen LogP contribution in [-0.2, 0) is 73.1 Å². The van der Waals surface area contributed by atoms with Gasteiger partial charge >= 0.3 is 35.8 Å². The topological polar surface area (TPSA) is 195 Å². The number of esters is 6. The predicted molar refractivity (Wildman–Crippen MR) is 242 cm³/mol. The smallest absolute Gasteiger partial charge is 0.417 e. The van der Waals surface area contributed by atoms with Crippen LogP contribution in [0.5, 0.6) is 11.5 Å². The van der Waals surface area contributed by atoms with E-state index in [1.165, 1.54) is 72.5 Å². The van der Waals surface area contributed by atoms with Crippen molar-refractivity contribution in [3.05, 3.63) is 72.3 Å². The van der Waals surface area contributed by atoms with Gasteiger partial charge < -0.3 is 47.4 Å². The largest absolute Gasteiger partial charge is 0.493 e. The second-order valence-electron chi connectivity index (χ2n) is 16.6. The number of carbonyl (C=O) groups excluding carboxylic acids is 6. The molecule has 1 fully saturated rings. The van der Waals surface area contributed by atoms with Crippen molar-refractivity contribution < 1.29 is 76.1 Å². The van der Waals surface area contributed by atoms with E-state index in [9.17, 15) is 28.8 Å². The first kappa shape index (κ1) is 54.6. The number of methoxy groups -OCH3 is 2. The van der Waals surface area contributed by atoms with Crippen LogP contribution < -0.4 is 9.47 Å². The molecule has 16 nitrogen and oxygen atoms in total. The zero-order valence-corrected chi connectivity index (χ0v) is 39.3. The minimum atomic E-state index is -1.73. The number of rotatable bonds is 29. The van der Waals surface area contributed by atoms with Gasteiger partial charge in [0.15, 0.2) is 0 Å². The molecule has 2 aromatic rings. The maximum absolute atomic E-state index is 12.8. The number of hydrogen-bond acceptors (Lipinski definition) is 16. The van der Waals surface area contributed by atoms with Crippen LogP contribution in [0.1, 0.15) is 84.1 Å². The Kier molecular flexibility index (Phi) is 24.6. The van der Waals surface area contributed by atoms with Gasteiger partial charge in [0.05, 0.1) is 26.4 Å². The van der Waals surface area contributed by atoms with Crippen molar-refractivity contribution in [2.24, 2.45) is 17.3 Å². The van der Waals surface area contributed by atoms with Crippen LogP contribution in [-0.4, -0.2) is 116 Å². The summed E-state index contributed by atoms with van der Waals surface area (Å²) >= 11 is 0. The van der Waals surface area contributed by atoms with Gasteiger partial charge in [0.1, 0.15) is 56.6 Å². The summed E-state index contributed by atoms with van der Waals surface area (Å²) in [4.78, 5) is 75.3. The first-order valence-electron chi connectivity index (χ1n) is 22.5. The molecule has 3 rings (SSSR count). The number of benzene rings is 2. The van der Waals surface area contributed by atoms with Crippen LogP contribution in [0.4, 0.5) is 0 Å². The Hall–Kier alpha value is -5.74. The van der Waals surface area contributed by atoms with E-state index in [1.54, 1.807) is 13.0 Å². The van der Waals surface area contributed by atoms with Gasteiger partial charge in [-0.15, -0.1) is 0 Å². The molecule has 2 aromatic carbocycles. The van der Waals surface area contributed by atoms with Crippen molar-refractivity contribution in [3.63, 3.8) is 0 Å². The monoisotopic (exact) mass is 924 g/mol. The number of ether oxygens (including phenoxy) is 10. The number of carbonyl (C=O) groups is 6. The highest BCUT2D eigenvalue weighted by atomic mass is 16.6. The summed E-state index contributed by atoms with van der Waals surface area (Å²) < 4.78 is 53.6. The zero-order valence-electron chi connectivity index (χ0n) is 39.3. The summed E-state index contributed by atoms with van der Waals surface area (Å²) in [5.41, 5.74) is 0.971. The lowest BCUT2D eigenvalue weighted by Crippen LogP contribution is -2.45. The third-order valence-corrected chi connectivity index (χ3v) is 10.9. The predicted octanol–water partition coefficient (Wildman–Crippen LogP) is 7.12. The summed E-state index contributed by atoms with van der Waals surface area (Å²) in [7, 11) is 2.76. The van der Waals surface area contributed by atoms with Crippen LogP contribution in [0.2, 0.25) is 0 Å². The fourth-order valence-electron chi connectivity index (χ4n) is 6.90. The van der Waals surface area contributed by atoms with Gasteiger partial charge in [-0.1, -0.05) is 76.8 Å². The van der Waals surface area contributed by atoms with E-state index in [2.05, 4.69) is 20.1 Å². The minimum Gasteiger partial charge on any atom is -0.493 e. The Bertz CT molecular complexity index is 1860. The minimum absolute atomic E-state index is 0.0152. The lowest BCUT2D eigenvalue weighted by Gasteiger charge is -2.32. The first-order chi connectivity index (χ1) is 31.7.